The largest absolute Gasteiger partial charge is 0.310 e. The number of nitrogens with one attached hydrogen (secondary N) is 2. The number of nitrogens with zero attached hydrogens (tertiary/aromatic N) is 3. The standard InChI is InChI=1S/C17H16ClN5O2/c1-10-8-15(24)21-17(19-10)23-14(7-11(2)22-23)20-16(25)9-12-5-3-4-6-13(12)18/h3-8H,9H2,1-2H3,(H,20,25)(H,19,21,24). The third-order valence-electron chi connectivity index (χ3n) is 3.47. The average molecular weight is 358 g/mol. The van der Waals surface area contributed by atoms with Crippen molar-refractivity contribution in [1.82, 2.24) is 19.7 Å². The fourth-order valence-corrected chi connectivity index (χ4v) is 2.62. The summed E-state index contributed by atoms with van der Waals surface area (Å²) in [6.07, 6.45) is 0.127. The molecule has 2 heterocycles. The number of carbonyl (C=O) groups excluding carboxylic acids is 1. The molecule has 7 nitrogen and oxygen atoms in total. The van der Waals surface area contributed by atoms with Crippen molar-refractivity contribution in [2.75, 3.05) is 5.32 Å². The maximum atomic E-state index is 12.4. The van der Waals surface area contributed by atoms with Gasteiger partial charge in [0, 0.05) is 22.8 Å². The van der Waals surface area contributed by atoms with Gasteiger partial charge in [-0.25, -0.2) is 4.98 Å². The molecule has 1 amide bonds. The molecule has 2 aromatic heterocycles. The molecule has 3 rings (SSSR count). The first kappa shape index (κ1) is 16.9. The summed E-state index contributed by atoms with van der Waals surface area (Å²) < 4.78 is 1.40. The minimum atomic E-state index is -0.288. The Hall–Kier alpha value is -2.93. The second kappa shape index (κ2) is 6.90. The van der Waals surface area contributed by atoms with E-state index in [4.69, 9.17) is 11.6 Å². The van der Waals surface area contributed by atoms with Gasteiger partial charge in [0.15, 0.2) is 0 Å². The third kappa shape index (κ3) is 3.95. The Balaban J connectivity index is 1.87. The van der Waals surface area contributed by atoms with Gasteiger partial charge in [0.1, 0.15) is 5.82 Å². The van der Waals surface area contributed by atoms with Crippen LogP contribution in [0.1, 0.15) is 17.0 Å². The fraction of sp³-hybridized carbons (Fsp3) is 0.176. The zero-order valence-electron chi connectivity index (χ0n) is 13.7. The number of rotatable bonds is 4. The third-order valence-corrected chi connectivity index (χ3v) is 3.83. The quantitative estimate of drug-likeness (QED) is 0.749. The highest BCUT2D eigenvalue weighted by atomic mass is 35.5. The Labute approximate surface area is 148 Å². The van der Waals surface area contributed by atoms with E-state index in [0.717, 1.165) is 5.56 Å². The van der Waals surface area contributed by atoms with Crippen LogP contribution in [-0.2, 0) is 11.2 Å². The first-order valence-corrected chi connectivity index (χ1v) is 7.98. The Morgan fingerprint density at radius 1 is 1.24 bits per heavy atom. The van der Waals surface area contributed by atoms with Crippen LogP contribution >= 0.6 is 11.6 Å². The molecule has 0 aliphatic carbocycles. The molecule has 1 aromatic carbocycles. The highest BCUT2D eigenvalue weighted by molar-refractivity contribution is 6.31. The van der Waals surface area contributed by atoms with Crippen molar-refractivity contribution in [3.8, 4) is 5.95 Å². The van der Waals surface area contributed by atoms with Gasteiger partial charge < -0.3 is 5.32 Å². The van der Waals surface area contributed by atoms with E-state index in [-0.39, 0.29) is 23.8 Å². The summed E-state index contributed by atoms with van der Waals surface area (Å²) in [6, 6.07) is 10.2. The highest BCUT2D eigenvalue weighted by Crippen LogP contribution is 2.18. The zero-order chi connectivity index (χ0) is 18.0. The Kier molecular flexibility index (Phi) is 4.67. The molecule has 0 fully saturated rings. The molecular formula is C17H16ClN5O2. The number of hydrogen-bond donors (Lipinski definition) is 2. The first-order valence-electron chi connectivity index (χ1n) is 7.60. The Morgan fingerprint density at radius 2 is 2.00 bits per heavy atom. The van der Waals surface area contributed by atoms with Gasteiger partial charge in [-0.2, -0.15) is 9.78 Å². The van der Waals surface area contributed by atoms with E-state index in [2.05, 4.69) is 20.4 Å². The molecule has 0 spiro atoms. The van der Waals surface area contributed by atoms with Crippen LogP contribution in [0.4, 0.5) is 5.82 Å². The number of amides is 1. The lowest BCUT2D eigenvalue weighted by atomic mass is 10.1. The van der Waals surface area contributed by atoms with Crippen LogP contribution in [0.25, 0.3) is 5.95 Å². The molecule has 0 aliphatic heterocycles. The average Bonchev–Trinajstić information content (AvgIpc) is 2.89. The molecule has 8 heteroatoms. The van der Waals surface area contributed by atoms with Crippen LogP contribution < -0.4 is 10.9 Å². The van der Waals surface area contributed by atoms with E-state index in [1.165, 1.54) is 10.7 Å². The van der Waals surface area contributed by atoms with Crippen LogP contribution in [0.3, 0.4) is 0 Å². The molecule has 0 saturated carbocycles. The van der Waals surface area contributed by atoms with Crippen LogP contribution in [0.5, 0.6) is 0 Å². The second-order valence-electron chi connectivity index (χ2n) is 5.61. The first-order chi connectivity index (χ1) is 11.9. The molecule has 0 atom stereocenters. The van der Waals surface area contributed by atoms with Crippen molar-refractivity contribution < 1.29 is 4.79 Å². The topological polar surface area (TPSA) is 92.7 Å². The predicted octanol–water partition coefficient (Wildman–Crippen LogP) is 2.41. The maximum Gasteiger partial charge on any atom is 0.252 e. The molecule has 128 valence electrons. The lowest BCUT2D eigenvalue weighted by Crippen LogP contribution is -2.20. The summed E-state index contributed by atoms with van der Waals surface area (Å²) in [5, 5.41) is 7.60. The molecule has 0 saturated heterocycles. The second-order valence-corrected chi connectivity index (χ2v) is 6.02. The Morgan fingerprint density at radius 3 is 2.72 bits per heavy atom. The minimum absolute atomic E-state index is 0.127. The SMILES string of the molecule is Cc1cc(=O)[nH]c(-n2nc(C)cc2NC(=O)Cc2ccccc2Cl)n1. The zero-order valence-corrected chi connectivity index (χ0v) is 14.5. The van der Waals surface area contributed by atoms with Crippen molar-refractivity contribution in [1.29, 1.82) is 0 Å². The number of aromatic amines is 1. The van der Waals surface area contributed by atoms with Crippen molar-refractivity contribution in [2.45, 2.75) is 20.3 Å². The van der Waals surface area contributed by atoms with Gasteiger partial charge in [-0.05, 0) is 25.5 Å². The van der Waals surface area contributed by atoms with E-state index < -0.39 is 0 Å². The summed E-state index contributed by atoms with van der Waals surface area (Å²) in [7, 11) is 0. The van der Waals surface area contributed by atoms with Crippen molar-refractivity contribution in [3.63, 3.8) is 0 Å². The van der Waals surface area contributed by atoms with E-state index in [9.17, 15) is 9.59 Å². The molecule has 0 unspecified atom stereocenters. The molecule has 2 N–H and O–H groups in total. The van der Waals surface area contributed by atoms with Crippen LogP contribution in [0.15, 0.2) is 41.2 Å². The number of hydrogen-bond acceptors (Lipinski definition) is 4. The molecule has 25 heavy (non-hydrogen) atoms. The summed E-state index contributed by atoms with van der Waals surface area (Å²) in [4.78, 5) is 30.9. The van der Waals surface area contributed by atoms with Gasteiger partial charge in [-0.15, -0.1) is 0 Å². The smallest absolute Gasteiger partial charge is 0.252 e. The van der Waals surface area contributed by atoms with Gasteiger partial charge in [-0.3, -0.25) is 14.6 Å². The molecule has 0 bridgehead atoms. The van der Waals surface area contributed by atoms with Gasteiger partial charge in [0.25, 0.3) is 5.56 Å². The normalized spacial score (nSPS) is 10.7. The highest BCUT2D eigenvalue weighted by Gasteiger charge is 2.14. The molecule has 3 aromatic rings. The summed E-state index contributed by atoms with van der Waals surface area (Å²) in [5.41, 5.74) is 1.67. The number of anilines is 1. The summed E-state index contributed by atoms with van der Waals surface area (Å²) in [6.45, 7) is 3.50. The van der Waals surface area contributed by atoms with Gasteiger partial charge >= 0.3 is 0 Å². The summed E-state index contributed by atoms with van der Waals surface area (Å²) >= 11 is 6.09. The van der Waals surface area contributed by atoms with Crippen molar-refractivity contribution in [2.24, 2.45) is 0 Å². The maximum absolute atomic E-state index is 12.4. The van der Waals surface area contributed by atoms with E-state index in [1.54, 1.807) is 32.0 Å². The minimum Gasteiger partial charge on any atom is -0.310 e. The van der Waals surface area contributed by atoms with Gasteiger partial charge in [-0.1, -0.05) is 29.8 Å². The summed E-state index contributed by atoms with van der Waals surface area (Å²) in [5.74, 6) is 0.415. The number of H-pyrrole nitrogens is 1. The van der Waals surface area contributed by atoms with Crippen LogP contribution in [0, 0.1) is 13.8 Å². The number of halogens is 1. The van der Waals surface area contributed by atoms with Gasteiger partial charge in [0.2, 0.25) is 11.9 Å². The molecular weight excluding hydrogens is 342 g/mol. The molecule has 0 radical (unpaired) electrons. The fourth-order valence-electron chi connectivity index (χ4n) is 2.42. The predicted molar refractivity (Wildman–Crippen MR) is 95.2 cm³/mol. The Bertz CT molecular complexity index is 993. The van der Waals surface area contributed by atoms with Crippen molar-refractivity contribution in [3.05, 3.63) is 68.7 Å². The van der Waals surface area contributed by atoms with E-state index in [0.29, 0.717) is 22.2 Å². The lowest BCUT2D eigenvalue weighted by molar-refractivity contribution is -0.115. The van der Waals surface area contributed by atoms with Crippen LogP contribution in [0.2, 0.25) is 5.02 Å². The van der Waals surface area contributed by atoms with E-state index in [1.807, 2.05) is 12.1 Å². The number of carbonyl (C=O) groups is 1. The lowest BCUT2D eigenvalue weighted by Gasteiger charge is -2.09. The van der Waals surface area contributed by atoms with Gasteiger partial charge in [0.05, 0.1) is 12.1 Å². The van der Waals surface area contributed by atoms with Crippen LogP contribution in [-0.4, -0.2) is 25.7 Å². The van der Waals surface area contributed by atoms with E-state index >= 15 is 0 Å². The molecule has 0 aliphatic rings. The number of aryl methyl sites for hydroxylation is 2. The van der Waals surface area contributed by atoms with Crippen molar-refractivity contribution >= 4 is 23.3 Å². The monoisotopic (exact) mass is 357 g/mol. The number of benzene rings is 1. The number of aromatic nitrogens is 4.